The monoisotopic (exact) mass is 385 g/mol. The average molecular weight is 386 g/mol. The Bertz CT molecular complexity index is 919. The maximum absolute atomic E-state index is 12.4. The summed E-state index contributed by atoms with van der Waals surface area (Å²) in [4.78, 5) is 28.9. The number of thiophene rings is 1. The molecular weight excluding hydrogens is 366 g/mol. The van der Waals surface area contributed by atoms with Gasteiger partial charge in [-0.25, -0.2) is 4.98 Å². The number of carbonyl (C=O) groups excluding carboxylic acids is 2. The van der Waals surface area contributed by atoms with Crippen LogP contribution < -0.4 is 0 Å². The fraction of sp³-hybridized carbons (Fsp3) is 0.250. The van der Waals surface area contributed by atoms with Crippen molar-refractivity contribution >= 4 is 34.4 Å². The molecule has 2 aromatic heterocycles. The van der Waals surface area contributed by atoms with Gasteiger partial charge in [0.2, 0.25) is 5.78 Å². The van der Waals surface area contributed by atoms with Crippen LogP contribution in [0.2, 0.25) is 0 Å². The van der Waals surface area contributed by atoms with Crippen LogP contribution in [0.15, 0.2) is 34.3 Å². The summed E-state index contributed by atoms with van der Waals surface area (Å²) in [6.07, 6.45) is 0.0692. The number of aromatic nitrogens is 1. The molecular formula is C20H19NO3S2. The number of esters is 1. The standard InChI is InChI=1S/C20H19NO3S2/c1-12-6-13(2)19(14(3)7-12)17(22)9-24-18(23)8-16-11-26-20(21-16)15-4-5-25-10-15/h4-7,10-11H,8-9H2,1-3H3. The lowest BCUT2D eigenvalue weighted by Gasteiger charge is -2.10. The van der Waals surface area contributed by atoms with Crippen molar-refractivity contribution in [1.29, 1.82) is 0 Å². The highest BCUT2D eigenvalue weighted by molar-refractivity contribution is 7.14. The Labute approximate surface area is 160 Å². The lowest BCUT2D eigenvalue weighted by Crippen LogP contribution is -2.17. The number of ether oxygens (including phenoxy) is 1. The van der Waals surface area contributed by atoms with E-state index >= 15 is 0 Å². The number of thiazole rings is 1. The van der Waals surface area contributed by atoms with Gasteiger partial charge in [-0.2, -0.15) is 11.3 Å². The van der Waals surface area contributed by atoms with Crippen LogP contribution in [0, 0.1) is 20.8 Å². The van der Waals surface area contributed by atoms with Gasteiger partial charge in [0.05, 0.1) is 12.1 Å². The zero-order valence-corrected chi connectivity index (χ0v) is 16.5. The number of rotatable bonds is 6. The maximum Gasteiger partial charge on any atom is 0.312 e. The van der Waals surface area contributed by atoms with E-state index in [1.54, 1.807) is 11.3 Å². The van der Waals surface area contributed by atoms with E-state index in [4.69, 9.17) is 4.74 Å². The second-order valence-corrected chi connectivity index (χ2v) is 7.83. The molecule has 0 aliphatic heterocycles. The third kappa shape index (κ3) is 4.26. The van der Waals surface area contributed by atoms with Gasteiger partial charge in [-0.05, 0) is 43.3 Å². The first-order chi connectivity index (χ1) is 12.4. The molecule has 0 fully saturated rings. The Morgan fingerprint density at radius 1 is 1.12 bits per heavy atom. The number of benzene rings is 1. The fourth-order valence-electron chi connectivity index (χ4n) is 2.94. The normalized spacial score (nSPS) is 10.7. The van der Waals surface area contributed by atoms with E-state index in [2.05, 4.69) is 4.98 Å². The minimum absolute atomic E-state index is 0.0692. The minimum Gasteiger partial charge on any atom is -0.457 e. The molecule has 3 aromatic rings. The molecule has 0 N–H and O–H groups in total. The number of aryl methyl sites for hydroxylation is 3. The van der Waals surface area contributed by atoms with E-state index in [9.17, 15) is 9.59 Å². The van der Waals surface area contributed by atoms with Gasteiger partial charge in [0, 0.05) is 21.9 Å². The van der Waals surface area contributed by atoms with Gasteiger partial charge < -0.3 is 4.74 Å². The van der Waals surface area contributed by atoms with Crippen molar-refractivity contribution in [3.8, 4) is 10.6 Å². The van der Waals surface area contributed by atoms with Crippen LogP contribution in [0.25, 0.3) is 10.6 Å². The quantitative estimate of drug-likeness (QED) is 0.453. The highest BCUT2D eigenvalue weighted by Crippen LogP contribution is 2.26. The van der Waals surface area contributed by atoms with E-state index in [-0.39, 0.29) is 18.8 Å². The smallest absolute Gasteiger partial charge is 0.312 e. The molecule has 6 heteroatoms. The molecule has 0 aliphatic rings. The fourth-order valence-corrected chi connectivity index (χ4v) is 4.48. The second-order valence-electron chi connectivity index (χ2n) is 6.19. The van der Waals surface area contributed by atoms with Crippen molar-refractivity contribution in [2.75, 3.05) is 6.61 Å². The number of Topliss-reactive ketones (excluding diaryl/α,β-unsaturated/α-hetero) is 1. The Hall–Kier alpha value is -2.31. The SMILES string of the molecule is Cc1cc(C)c(C(=O)COC(=O)Cc2csc(-c3ccsc3)n2)c(C)c1. The van der Waals surface area contributed by atoms with Gasteiger partial charge in [-0.3, -0.25) is 9.59 Å². The topological polar surface area (TPSA) is 56.3 Å². The largest absolute Gasteiger partial charge is 0.457 e. The van der Waals surface area contributed by atoms with Crippen LogP contribution in [-0.2, 0) is 16.0 Å². The van der Waals surface area contributed by atoms with Gasteiger partial charge in [-0.1, -0.05) is 17.7 Å². The molecule has 26 heavy (non-hydrogen) atoms. The molecule has 0 radical (unpaired) electrons. The van der Waals surface area contributed by atoms with E-state index in [0.29, 0.717) is 11.3 Å². The summed E-state index contributed by atoms with van der Waals surface area (Å²) in [5, 5.41) is 6.75. The first kappa shape index (κ1) is 18.5. The summed E-state index contributed by atoms with van der Waals surface area (Å²) in [5.41, 5.74) is 5.28. The third-order valence-corrected chi connectivity index (χ3v) is 5.59. The van der Waals surface area contributed by atoms with Crippen LogP contribution in [0.1, 0.15) is 32.7 Å². The zero-order valence-electron chi connectivity index (χ0n) is 14.9. The Morgan fingerprint density at radius 3 is 2.50 bits per heavy atom. The molecule has 0 aliphatic carbocycles. The van der Waals surface area contributed by atoms with Crippen molar-refractivity contribution in [3.63, 3.8) is 0 Å². The van der Waals surface area contributed by atoms with E-state index in [1.165, 1.54) is 11.3 Å². The molecule has 0 unspecified atom stereocenters. The van der Waals surface area contributed by atoms with Gasteiger partial charge in [0.15, 0.2) is 6.61 Å². The summed E-state index contributed by atoms with van der Waals surface area (Å²) < 4.78 is 5.18. The number of carbonyl (C=O) groups is 2. The molecule has 4 nitrogen and oxygen atoms in total. The van der Waals surface area contributed by atoms with Crippen LogP contribution in [0.5, 0.6) is 0 Å². The Kier molecular flexibility index (Phi) is 5.64. The Morgan fingerprint density at radius 2 is 1.85 bits per heavy atom. The van der Waals surface area contributed by atoms with Crippen molar-refractivity contribution in [3.05, 3.63) is 62.3 Å². The maximum atomic E-state index is 12.4. The molecule has 0 atom stereocenters. The summed E-state index contributed by atoms with van der Waals surface area (Å²) in [5.74, 6) is -0.617. The lowest BCUT2D eigenvalue weighted by atomic mass is 9.97. The van der Waals surface area contributed by atoms with Gasteiger partial charge in [-0.15, -0.1) is 11.3 Å². The zero-order chi connectivity index (χ0) is 18.7. The van der Waals surface area contributed by atoms with Gasteiger partial charge in [0.25, 0.3) is 0 Å². The summed E-state index contributed by atoms with van der Waals surface area (Å²) in [6, 6.07) is 5.92. The third-order valence-electron chi connectivity index (χ3n) is 3.97. The molecule has 3 rings (SSSR count). The summed E-state index contributed by atoms with van der Waals surface area (Å²) in [6.45, 7) is 5.55. The predicted octanol–water partition coefficient (Wildman–Crippen LogP) is 4.77. The highest BCUT2D eigenvalue weighted by Gasteiger charge is 2.16. The van der Waals surface area contributed by atoms with Crippen LogP contribution in [0.3, 0.4) is 0 Å². The summed E-state index contributed by atoms with van der Waals surface area (Å²) >= 11 is 3.10. The lowest BCUT2D eigenvalue weighted by molar-refractivity contribution is -0.141. The van der Waals surface area contributed by atoms with Crippen LogP contribution in [-0.4, -0.2) is 23.3 Å². The number of ketones is 1. The second kappa shape index (κ2) is 7.93. The van der Waals surface area contributed by atoms with E-state index in [1.807, 2.05) is 55.1 Å². The first-order valence-electron chi connectivity index (χ1n) is 8.17. The number of hydrogen-bond donors (Lipinski definition) is 0. The van der Waals surface area contributed by atoms with Crippen LogP contribution >= 0.6 is 22.7 Å². The molecule has 0 saturated heterocycles. The van der Waals surface area contributed by atoms with Gasteiger partial charge in [0.1, 0.15) is 5.01 Å². The van der Waals surface area contributed by atoms with Crippen molar-refractivity contribution in [2.45, 2.75) is 27.2 Å². The summed E-state index contributed by atoms with van der Waals surface area (Å²) in [7, 11) is 0. The van der Waals surface area contributed by atoms with Crippen molar-refractivity contribution in [1.82, 2.24) is 4.98 Å². The molecule has 0 bridgehead atoms. The molecule has 134 valence electrons. The van der Waals surface area contributed by atoms with E-state index < -0.39 is 5.97 Å². The molecule has 0 spiro atoms. The Balaban J connectivity index is 1.58. The average Bonchev–Trinajstić information content (AvgIpc) is 3.23. The van der Waals surface area contributed by atoms with Crippen molar-refractivity contribution < 1.29 is 14.3 Å². The number of nitrogens with zero attached hydrogens (tertiary/aromatic N) is 1. The molecule has 2 heterocycles. The molecule has 0 saturated carbocycles. The molecule has 0 amide bonds. The van der Waals surface area contributed by atoms with E-state index in [0.717, 1.165) is 27.3 Å². The van der Waals surface area contributed by atoms with Crippen molar-refractivity contribution in [2.24, 2.45) is 0 Å². The van der Waals surface area contributed by atoms with Gasteiger partial charge >= 0.3 is 5.97 Å². The minimum atomic E-state index is -0.442. The molecule has 1 aromatic carbocycles. The van der Waals surface area contributed by atoms with Crippen LogP contribution in [0.4, 0.5) is 0 Å². The first-order valence-corrected chi connectivity index (χ1v) is 10.00. The highest BCUT2D eigenvalue weighted by atomic mass is 32.1. The predicted molar refractivity (Wildman–Crippen MR) is 105 cm³/mol. The number of hydrogen-bond acceptors (Lipinski definition) is 6.